The fourth-order valence-corrected chi connectivity index (χ4v) is 4.91. The van der Waals surface area contributed by atoms with Crippen molar-refractivity contribution in [2.75, 3.05) is 7.11 Å². The molecule has 0 unspecified atom stereocenters. The Hall–Kier alpha value is -3.71. The van der Waals surface area contributed by atoms with E-state index in [4.69, 9.17) is 4.74 Å². The molecule has 0 spiro atoms. The van der Waals surface area contributed by atoms with Gasteiger partial charge in [0, 0.05) is 10.1 Å². The van der Waals surface area contributed by atoms with Crippen molar-refractivity contribution in [2.24, 2.45) is 0 Å². The largest absolute Gasteiger partial charge is 0.497 e. The average Bonchev–Trinajstić information content (AvgIpc) is 3.17. The van der Waals surface area contributed by atoms with E-state index in [1.165, 1.54) is 23.5 Å². The Balaban J connectivity index is 1.85. The molecule has 5 nitrogen and oxygen atoms in total. The van der Waals surface area contributed by atoms with Crippen LogP contribution in [0.4, 0.5) is 4.39 Å². The van der Waals surface area contributed by atoms with Crippen LogP contribution < -0.4 is 16.0 Å². The smallest absolute Gasteiger partial charge is 0.336 e. The summed E-state index contributed by atoms with van der Waals surface area (Å²) in [5, 5.41) is 0.829. The molecule has 0 saturated carbocycles. The Morgan fingerprint density at radius 3 is 2.48 bits per heavy atom. The SMILES string of the molecule is COc1ccc(-n2c(=O)c3sc4ccccc4c3n(Cc3cccc(F)c3)c2=O)cc1. The lowest BCUT2D eigenvalue weighted by Crippen LogP contribution is -2.38. The van der Waals surface area contributed by atoms with E-state index in [0.717, 1.165) is 14.7 Å². The predicted molar refractivity (Wildman–Crippen MR) is 121 cm³/mol. The van der Waals surface area contributed by atoms with Crippen molar-refractivity contribution in [3.05, 3.63) is 105 Å². The van der Waals surface area contributed by atoms with Gasteiger partial charge in [-0.25, -0.2) is 13.8 Å². The summed E-state index contributed by atoms with van der Waals surface area (Å²) in [4.78, 5) is 27.0. The maximum atomic E-state index is 13.8. The van der Waals surface area contributed by atoms with Crippen molar-refractivity contribution in [1.29, 1.82) is 0 Å². The lowest BCUT2D eigenvalue weighted by atomic mass is 10.2. The van der Waals surface area contributed by atoms with Crippen molar-refractivity contribution in [3.63, 3.8) is 0 Å². The minimum absolute atomic E-state index is 0.143. The average molecular weight is 432 g/mol. The van der Waals surface area contributed by atoms with E-state index in [-0.39, 0.29) is 17.9 Å². The third-order valence-electron chi connectivity index (χ3n) is 5.22. The van der Waals surface area contributed by atoms with E-state index in [1.54, 1.807) is 48.1 Å². The fourth-order valence-electron chi connectivity index (χ4n) is 3.77. The van der Waals surface area contributed by atoms with Crippen LogP contribution in [0.15, 0.2) is 82.4 Å². The minimum Gasteiger partial charge on any atom is -0.497 e. The molecule has 0 aliphatic rings. The molecule has 0 saturated heterocycles. The molecular weight excluding hydrogens is 415 g/mol. The van der Waals surface area contributed by atoms with E-state index < -0.39 is 5.69 Å². The normalized spacial score (nSPS) is 11.3. The fraction of sp³-hybridized carbons (Fsp3) is 0.0833. The predicted octanol–water partition coefficient (Wildman–Crippen LogP) is 4.56. The van der Waals surface area contributed by atoms with Crippen LogP contribution >= 0.6 is 11.3 Å². The molecule has 7 heteroatoms. The van der Waals surface area contributed by atoms with Gasteiger partial charge in [0.15, 0.2) is 0 Å². The van der Waals surface area contributed by atoms with Gasteiger partial charge in [-0.3, -0.25) is 9.36 Å². The van der Waals surface area contributed by atoms with E-state index in [2.05, 4.69) is 0 Å². The molecule has 0 bridgehead atoms. The molecule has 31 heavy (non-hydrogen) atoms. The molecule has 3 aromatic carbocycles. The number of benzene rings is 3. The lowest BCUT2D eigenvalue weighted by Gasteiger charge is -2.13. The molecule has 0 fully saturated rings. The Morgan fingerprint density at radius 1 is 0.968 bits per heavy atom. The van der Waals surface area contributed by atoms with Gasteiger partial charge >= 0.3 is 5.69 Å². The maximum absolute atomic E-state index is 13.8. The number of aromatic nitrogens is 2. The quantitative estimate of drug-likeness (QED) is 0.418. The first-order chi connectivity index (χ1) is 15.1. The number of hydrogen-bond donors (Lipinski definition) is 0. The maximum Gasteiger partial charge on any atom is 0.336 e. The topological polar surface area (TPSA) is 53.2 Å². The zero-order valence-corrected chi connectivity index (χ0v) is 17.4. The summed E-state index contributed by atoms with van der Waals surface area (Å²) in [6, 6.07) is 20.5. The zero-order chi connectivity index (χ0) is 21.5. The summed E-state index contributed by atoms with van der Waals surface area (Å²) in [5.74, 6) is 0.250. The molecule has 2 aromatic heterocycles. The van der Waals surface area contributed by atoms with Crippen molar-refractivity contribution < 1.29 is 9.13 Å². The van der Waals surface area contributed by atoms with Crippen LogP contribution in [-0.2, 0) is 6.54 Å². The number of halogens is 1. The molecule has 0 aliphatic heterocycles. The van der Waals surface area contributed by atoms with Crippen molar-refractivity contribution in [1.82, 2.24) is 9.13 Å². The molecule has 0 aliphatic carbocycles. The van der Waals surface area contributed by atoms with Gasteiger partial charge in [0.05, 0.1) is 24.9 Å². The molecule has 0 atom stereocenters. The van der Waals surface area contributed by atoms with Crippen molar-refractivity contribution >= 4 is 31.6 Å². The third kappa shape index (κ3) is 3.23. The molecular formula is C24H17FN2O3S. The summed E-state index contributed by atoms with van der Waals surface area (Å²) in [5.41, 5.74) is 0.809. The summed E-state index contributed by atoms with van der Waals surface area (Å²) in [6.07, 6.45) is 0. The van der Waals surface area contributed by atoms with Crippen LogP contribution in [-0.4, -0.2) is 16.2 Å². The van der Waals surface area contributed by atoms with E-state index >= 15 is 0 Å². The van der Waals surface area contributed by atoms with E-state index in [0.29, 0.717) is 27.2 Å². The number of ether oxygens (including phenoxy) is 1. The van der Waals surface area contributed by atoms with Crippen LogP contribution in [0.5, 0.6) is 5.75 Å². The molecule has 5 aromatic rings. The van der Waals surface area contributed by atoms with Gasteiger partial charge in [0.1, 0.15) is 16.3 Å². The summed E-state index contributed by atoms with van der Waals surface area (Å²) < 4.78 is 23.1. The molecule has 5 rings (SSSR count). The number of rotatable bonds is 4. The van der Waals surface area contributed by atoms with Crippen LogP contribution in [0.1, 0.15) is 5.56 Å². The molecule has 154 valence electrons. The van der Waals surface area contributed by atoms with Crippen LogP contribution in [0, 0.1) is 5.82 Å². The summed E-state index contributed by atoms with van der Waals surface area (Å²) in [6.45, 7) is 0.143. The standard InChI is InChI=1S/C24H17FN2O3S/c1-30-18-11-9-17(10-12-18)27-23(28)22-21(19-7-2-3-8-20(19)31-22)26(24(27)29)14-15-5-4-6-16(25)13-15/h2-13H,14H2,1H3. The Morgan fingerprint density at radius 2 is 1.74 bits per heavy atom. The van der Waals surface area contributed by atoms with Gasteiger partial charge in [0.2, 0.25) is 0 Å². The van der Waals surface area contributed by atoms with Gasteiger partial charge < -0.3 is 4.74 Å². The van der Waals surface area contributed by atoms with E-state index in [1.807, 2.05) is 24.3 Å². The highest BCUT2D eigenvalue weighted by atomic mass is 32.1. The number of nitrogens with zero attached hydrogens (tertiary/aromatic N) is 2. The van der Waals surface area contributed by atoms with Gasteiger partial charge in [-0.15, -0.1) is 11.3 Å². The van der Waals surface area contributed by atoms with Gasteiger partial charge in [-0.05, 0) is 48.0 Å². The Kier molecular flexibility index (Phi) is 4.67. The first kappa shape index (κ1) is 19.3. The molecule has 0 radical (unpaired) electrons. The monoisotopic (exact) mass is 432 g/mol. The zero-order valence-electron chi connectivity index (χ0n) is 16.5. The third-order valence-corrected chi connectivity index (χ3v) is 6.37. The summed E-state index contributed by atoms with van der Waals surface area (Å²) >= 11 is 1.35. The van der Waals surface area contributed by atoms with Crippen LogP contribution in [0.25, 0.3) is 26.0 Å². The first-order valence-corrected chi connectivity index (χ1v) is 10.4. The minimum atomic E-state index is -0.476. The number of thiophene rings is 1. The highest BCUT2D eigenvalue weighted by molar-refractivity contribution is 7.25. The summed E-state index contributed by atoms with van der Waals surface area (Å²) in [7, 11) is 1.55. The Labute approximate surface area is 180 Å². The van der Waals surface area contributed by atoms with E-state index in [9.17, 15) is 14.0 Å². The molecule has 0 N–H and O–H groups in total. The number of fused-ring (bicyclic) bond motifs is 3. The Bertz CT molecular complexity index is 1550. The number of methoxy groups -OCH3 is 1. The second kappa shape index (κ2) is 7.52. The highest BCUT2D eigenvalue weighted by Gasteiger charge is 2.19. The second-order valence-corrected chi connectivity index (χ2v) is 8.17. The van der Waals surface area contributed by atoms with Gasteiger partial charge in [0.25, 0.3) is 5.56 Å². The first-order valence-electron chi connectivity index (χ1n) is 9.63. The van der Waals surface area contributed by atoms with Crippen LogP contribution in [0.3, 0.4) is 0 Å². The molecule has 2 heterocycles. The van der Waals surface area contributed by atoms with Gasteiger partial charge in [-0.1, -0.05) is 30.3 Å². The second-order valence-electron chi connectivity index (χ2n) is 7.11. The van der Waals surface area contributed by atoms with Crippen molar-refractivity contribution in [3.8, 4) is 11.4 Å². The van der Waals surface area contributed by atoms with Crippen LogP contribution in [0.2, 0.25) is 0 Å². The molecule has 0 amide bonds. The highest BCUT2D eigenvalue weighted by Crippen LogP contribution is 2.31. The lowest BCUT2D eigenvalue weighted by molar-refractivity contribution is 0.414. The van der Waals surface area contributed by atoms with Crippen molar-refractivity contribution in [2.45, 2.75) is 6.54 Å². The van der Waals surface area contributed by atoms with Gasteiger partial charge in [-0.2, -0.15) is 0 Å². The number of hydrogen-bond acceptors (Lipinski definition) is 4.